The van der Waals surface area contributed by atoms with Gasteiger partial charge < -0.3 is 15.7 Å². The normalized spacial score (nSPS) is 21.2. The van der Waals surface area contributed by atoms with Crippen LogP contribution in [0.25, 0.3) is 0 Å². The molecule has 5 nitrogen and oxygen atoms in total. The molecule has 0 aromatic heterocycles. The molecule has 24 heavy (non-hydrogen) atoms. The van der Waals surface area contributed by atoms with Gasteiger partial charge in [-0.15, -0.1) is 0 Å². The van der Waals surface area contributed by atoms with Crippen LogP contribution in [-0.4, -0.2) is 47.8 Å². The van der Waals surface area contributed by atoms with E-state index in [1.165, 1.54) is 6.07 Å². The van der Waals surface area contributed by atoms with Crippen molar-refractivity contribution in [3.8, 4) is 0 Å². The van der Waals surface area contributed by atoms with Crippen molar-refractivity contribution in [1.29, 1.82) is 0 Å². The Balaban J connectivity index is 2.14. The maximum Gasteiger partial charge on any atom is 0.315 e. The zero-order chi connectivity index (χ0) is 17.7. The Morgan fingerprint density at radius 3 is 2.75 bits per heavy atom. The van der Waals surface area contributed by atoms with Crippen LogP contribution in [0.5, 0.6) is 0 Å². The van der Waals surface area contributed by atoms with Crippen LogP contribution >= 0.6 is 0 Å². The number of hydrogen-bond acceptors (Lipinski definition) is 3. The lowest BCUT2D eigenvalue weighted by Crippen LogP contribution is -2.45. The van der Waals surface area contributed by atoms with Gasteiger partial charge in [-0.2, -0.15) is 0 Å². The lowest BCUT2D eigenvalue weighted by atomic mass is 9.99. The maximum absolute atomic E-state index is 13.6. The molecule has 2 atom stereocenters. The van der Waals surface area contributed by atoms with Crippen LogP contribution in [-0.2, 0) is 0 Å². The van der Waals surface area contributed by atoms with E-state index >= 15 is 0 Å². The van der Waals surface area contributed by atoms with Crippen LogP contribution in [0, 0.1) is 11.6 Å². The molecule has 1 aromatic rings. The summed E-state index contributed by atoms with van der Waals surface area (Å²) in [5.74, 6) is -1.76. The minimum absolute atomic E-state index is 0.0162. The number of rotatable bonds is 6. The lowest BCUT2D eigenvalue weighted by molar-refractivity contribution is 0.187. The summed E-state index contributed by atoms with van der Waals surface area (Å²) < 4.78 is 26.9. The molecule has 1 saturated heterocycles. The smallest absolute Gasteiger partial charge is 0.315 e. The number of halogens is 2. The predicted molar refractivity (Wildman–Crippen MR) is 87.6 cm³/mol. The molecule has 0 saturated carbocycles. The van der Waals surface area contributed by atoms with Gasteiger partial charge in [-0.05, 0) is 44.4 Å². The van der Waals surface area contributed by atoms with E-state index in [0.29, 0.717) is 18.5 Å². The van der Waals surface area contributed by atoms with E-state index in [4.69, 9.17) is 5.11 Å². The van der Waals surface area contributed by atoms with Crippen LogP contribution in [0.2, 0.25) is 0 Å². The molecular weight excluding hydrogens is 316 g/mol. The summed E-state index contributed by atoms with van der Waals surface area (Å²) in [5.41, 5.74) is 0.653. The third kappa shape index (κ3) is 4.42. The topological polar surface area (TPSA) is 64.6 Å². The van der Waals surface area contributed by atoms with Gasteiger partial charge in [-0.25, -0.2) is 13.6 Å². The first kappa shape index (κ1) is 18.6. The Bertz CT molecular complexity index is 569. The van der Waals surface area contributed by atoms with E-state index < -0.39 is 11.6 Å². The number of benzene rings is 1. The number of aliphatic hydroxyl groups is 1. The molecule has 0 radical (unpaired) electrons. The van der Waals surface area contributed by atoms with Crippen LogP contribution in [0.15, 0.2) is 18.2 Å². The molecule has 1 aliphatic heterocycles. The Labute approximate surface area is 141 Å². The summed E-state index contributed by atoms with van der Waals surface area (Å²) in [4.78, 5) is 14.2. The predicted octanol–water partition coefficient (Wildman–Crippen LogP) is 2.17. The molecule has 2 amide bonds. The SMILES string of the molecule is CC(C)N1CCC(NC(=O)NCCCO)C1c1ccc(F)c(F)c1. The fourth-order valence-corrected chi connectivity index (χ4v) is 3.17. The number of nitrogens with zero attached hydrogens (tertiary/aromatic N) is 1. The Kier molecular flexibility index (Phi) is 6.51. The highest BCUT2D eigenvalue weighted by atomic mass is 19.2. The Morgan fingerprint density at radius 1 is 1.38 bits per heavy atom. The van der Waals surface area contributed by atoms with Gasteiger partial charge in [-0.1, -0.05) is 6.07 Å². The number of carbonyl (C=O) groups is 1. The molecule has 2 rings (SSSR count). The molecule has 1 fully saturated rings. The summed E-state index contributed by atoms with van der Waals surface area (Å²) in [7, 11) is 0. The number of hydrogen-bond donors (Lipinski definition) is 3. The number of nitrogens with one attached hydrogen (secondary N) is 2. The average molecular weight is 341 g/mol. The summed E-state index contributed by atoms with van der Waals surface area (Å²) in [6, 6.07) is 3.41. The number of amides is 2. The van der Waals surface area contributed by atoms with Gasteiger partial charge in [0, 0.05) is 25.7 Å². The van der Waals surface area contributed by atoms with E-state index in [2.05, 4.69) is 15.5 Å². The first-order valence-corrected chi connectivity index (χ1v) is 8.30. The van der Waals surface area contributed by atoms with E-state index in [0.717, 1.165) is 19.0 Å². The third-order valence-electron chi connectivity index (χ3n) is 4.32. The second-order valence-electron chi connectivity index (χ2n) is 6.32. The van der Waals surface area contributed by atoms with Gasteiger partial charge in [0.25, 0.3) is 0 Å². The molecule has 0 bridgehead atoms. The Morgan fingerprint density at radius 2 is 2.12 bits per heavy atom. The quantitative estimate of drug-likeness (QED) is 0.695. The summed E-state index contributed by atoms with van der Waals surface area (Å²) in [6.07, 6.45) is 1.22. The van der Waals surface area contributed by atoms with Gasteiger partial charge >= 0.3 is 6.03 Å². The molecule has 1 aliphatic rings. The van der Waals surface area contributed by atoms with Crippen LogP contribution in [0.3, 0.4) is 0 Å². The van der Waals surface area contributed by atoms with Crippen molar-refractivity contribution in [3.63, 3.8) is 0 Å². The van der Waals surface area contributed by atoms with Gasteiger partial charge in [-0.3, -0.25) is 4.90 Å². The molecule has 0 aliphatic carbocycles. The van der Waals surface area contributed by atoms with Crippen LogP contribution in [0.1, 0.15) is 38.3 Å². The molecular formula is C17H25F2N3O2. The zero-order valence-electron chi connectivity index (χ0n) is 14.1. The highest BCUT2D eigenvalue weighted by Crippen LogP contribution is 2.34. The first-order chi connectivity index (χ1) is 11.4. The van der Waals surface area contributed by atoms with Crippen LogP contribution < -0.4 is 10.6 Å². The van der Waals surface area contributed by atoms with Gasteiger partial charge in [0.15, 0.2) is 11.6 Å². The van der Waals surface area contributed by atoms with E-state index in [-0.39, 0.29) is 30.8 Å². The van der Waals surface area contributed by atoms with E-state index in [9.17, 15) is 13.6 Å². The summed E-state index contributed by atoms with van der Waals surface area (Å²) in [6.45, 7) is 5.25. The first-order valence-electron chi connectivity index (χ1n) is 8.30. The van der Waals surface area contributed by atoms with Crippen molar-refractivity contribution in [3.05, 3.63) is 35.4 Å². The highest BCUT2D eigenvalue weighted by molar-refractivity contribution is 5.74. The van der Waals surface area contributed by atoms with E-state index in [1.54, 1.807) is 6.07 Å². The molecule has 1 aromatic carbocycles. The van der Waals surface area contributed by atoms with Crippen molar-refractivity contribution in [2.45, 2.75) is 44.8 Å². The summed E-state index contributed by atoms with van der Waals surface area (Å²) >= 11 is 0. The molecule has 134 valence electrons. The van der Waals surface area contributed by atoms with E-state index in [1.807, 2.05) is 13.8 Å². The van der Waals surface area contributed by atoms with Crippen molar-refractivity contribution in [1.82, 2.24) is 15.5 Å². The summed E-state index contributed by atoms with van der Waals surface area (Å²) in [5, 5.41) is 14.4. The number of urea groups is 1. The van der Waals surface area contributed by atoms with Crippen molar-refractivity contribution in [2.24, 2.45) is 0 Å². The average Bonchev–Trinajstić information content (AvgIpc) is 2.94. The van der Waals surface area contributed by atoms with Crippen molar-refractivity contribution < 1.29 is 18.7 Å². The maximum atomic E-state index is 13.6. The molecule has 2 unspecified atom stereocenters. The van der Waals surface area contributed by atoms with Crippen LogP contribution in [0.4, 0.5) is 13.6 Å². The standard InChI is InChI=1S/C17H25F2N3O2/c1-11(2)22-8-6-15(21-17(24)20-7-3-9-23)16(22)12-4-5-13(18)14(19)10-12/h4-5,10-11,15-16,23H,3,6-9H2,1-2H3,(H2,20,21,24). The van der Waals surface area contributed by atoms with Gasteiger partial charge in [0.1, 0.15) is 0 Å². The largest absolute Gasteiger partial charge is 0.396 e. The van der Waals surface area contributed by atoms with Crippen molar-refractivity contribution in [2.75, 3.05) is 19.7 Å². The molecule has 7 heteroatoms. The van der Waals surface area contributed by atoms with Crippen molar-refractivity contribution >= 4 is 6.03 Å². The lowest BCUT2D eigenvalue weighted by Gasteiger charge is -2.32. The molecule has 3 N–H and O–H groups in total. The monoisotopic (exact) mass is 341 g/mol. The van der Waals surface area contributed by atoms with Gasteiger partial charge in [0.05, 0.1) is 12.1 Å². The number of aliphatic hydroxyl groups excluding tert-OH is 1. The minimum Gasteiger partial charge on any atom is -0.396 e. The molecule has 1 heterocycles. The zero-order valence-corrected chi connectivity index (χ0v) is 14.1. The number of likely N-dealkylation sites (tertiary alicyclic amines) is 1. The highest BCUT2D eigenvalue weighted by Gasteiger charge is 2.37. The van der Waals surface area contributed by atoms with Gasteiger partial charge in [0.2, 0.25) is 0 Å². The minimum atomic E-state index is -0.880. The fraction of sp³-hybridized carbons (Fsp3) is 0.588. The second kappa shape index (κ2) is 8.39. The Hall–Kier alpha value is -1.73. The third-order valence-corrected chi connectivity index (χ3v) is 4.32. The number of carbonyl (C=O) groups excluding carboxylic acids is 1. The second-order valence-corrected chi connectivity index (χ2v) is 6.32. The molecule has 0 spiro atoms. The fourth-order valence-electron chi connectivity index (χ4n) is 3.17.